The van der Waals surface area contributed by atoms with Gasteiger partial charge in [0.2, 0.25) is 0 Å². The monoisotopic (exact) mass is 416 g/mol. The minimum Gasteiger partial charge on any atom is -0.505 e. The van der Waals surface area contributed by atoms with Crippen LogP contribution in [-0.2, 0) is 0 Å². The third-order valence-electron chi connectivity index (χ3n) is 2.39. The van der Waals surface area contributed by atoms with Crippen molar-refractivity contribution in [2.24, 2.45) is 11.7 Å². The molecule has 1 aliphatic rings. The zero-order valence-corrected chi connectivity index (χ0v) is 11.7. The van der Waals surface area contributed by atoms with E-state index < -0.39 is 0 Å². The van der Waals surface area contributed by atoms with Crippen LogP contribution in [0.25, 0.3) is 0 Å². The average molecular weight is 416 g/mol. The van der Waals surface area contributed by atoms with Gasteiger partial charge in [-0.05, 0) is 70.0 Å². The van der Waals surface area contributed by atoms with E-state index in [1.165, 1.54) is 0 Å². The molecule has 0 radical (unpaired) electrons. The van der Waals surface area contributed by atoms with Crippen molar-refractivity contribution in [2.45, 2.75) is 18.9 Å². The Labute approximate surface area is 110 Å². The predicted molar refractivity (Wildman–Crippen MR) is 71.0 cm³/mol. The molecule has 1 aliphatic carbocycles. The molecule has 1 atom stereocenters. The number of aromatic hydroxyl groups is 1. The highest BCUT2D eigenvalue weighted by atomic mass is 127. The molecule has 0 spiro atoms. The lowest BCUT2D eigenvalue weighted by Crippen LogP contribution is -2.15. The summed E-state index contributed by atoms with van der Waals surface area (Å²) in [5.41, 5.74) is 6.67. The lowest BCUT2D eigenvalue weighted by Gasteiger charge is -2.12. The van der Waals surface area contributed by atoms with Crippen LogP contribution in [0.1, 0.15) is 24.6 Å². The minimum atomic E-state index is -0.0989. The van der Waals surface area contributed by atoms with Gasteiger partial charge in [0.05, 0.1) is 9.61 Å². The molecular formula is C9H10I2N2O. The quantitative estimate of drug-likeness (QED) is 0.576. The number of pyridine rings is 1. The van der Waals surface area contributed by atoms with Gasteiger partial charge in [-0.1, -0.05) is 0 Å². The van der Waals surface area contributed by atoms with Crippen molar-refractivity contribution >= 4 is 45.2 Å². The zero-order chi connectivity index (χ0) is 10.3. The molecule has 3 N–H and O–H groups in total. The average Bonchev–Trinajstić information content (AvgIpc) is 2.93. The molecule has 1 saturated carbocycles. The Balaban J connectivity index is 2.39. The van der Waals surface area contributed by atoms with E-state index in [2.05, 4.69) is 50.2 Å². The second kappa shape index (κ2) is 4.09. The van der Waals surface area contributed by atoms with Gasteiger partial charge in [-0.3, -0.25) is 0 Å². The van der Waals surface area contributed by atoms with Gasteiger partial charge in [-0.25, -0.2) is 4.98 Å². The van der Waals surface area contributed by atoms with Gasteiger partial charge >= 0.3 is 0 Å². The Hall–Kier alpha value is 0.370. The van der Waals surface area contributed by atoms with Crippen molar-refractivity contribution in [1.29, 1.82) is 0 Å². The van der Waals surface area contributed by atoms with E-state index >= 15 is 0 Å². The van der Waals surface area contributed by atoms with E-state index in [4.69, 9.17) is 5.73 Å². The molecule has 1 heterocycles. The first-order chi connectivity index (χ1) is 6.59. The number of hydrogen-bond donors (Lipinski definition) is 2. The Morgan fingerprint density at radius 3 is 2.71 bits per heavy atom. The smallest absolute Gasteiger partial charge is 0.152 e. The van der Waals surface area contributed by atoms with Gasteiger partial charge in [-0.15, -0.1) is 0 Å². The van der Waals surface area contributed by atoms with E-state index in [1.54, 1.807) is 0 Å². The van der Waals surface area contributed by atoms with Crippen molar-refractivity contribution in [3.63, 3.8) is 0 Å². The Kier molecular flexibility index (Phi) is 3.18. The van der Waals surface area contributed by atoms with Gasteiger partial charge in [-0.2, -0.15) is 0 Å². The van der Waals surface area contributed by atoms with Crippen LogP contribution in [-0.4, -0.2) is 10.1 Å². The topological polar surface area (TPSA) is 59.1 Å². The molecule has 1 aromatic rings. The van der Waals surface area contributed by atoms with Crippen molar-refractivity contribution in [3.8, 4) is 5.75 Å². The third-order valence-corrected chi connectivity index (χ3v) is 3.76. The largest absolute Gasteiger partial charge is 0.505 e. The molecular weight excluding hydrogens is 406 g/mol. The minimum absolute atomic E-state index is 0.0989. The van der Waals surface area contributed by atoms with Crippen LogP contribution in [0.4, 0.5) is 0 Å². The van der Waals surface area contributed by atoms with Crippen molar-refractivity contribution in [2.75, 3.05) is 0 Å². The summed E-state index contributed by atoms with van der Waals surface area (Å²) in [5.74, 6) is 0.771. The molecule has 0 amide bonds. The maximum atomic E-state index is 9.82. The van der Waals surface area contributed by atoms with Crippen molar-refractivity contribution in [3.05, 3.63) is 19.0 Å². The van der Waals surface area contributed by atoms with Crippen LogP contribution in [0.3, 0.4) is 0 Å². The fourth-order valence-corrected chi connectivity index (χ4v) is 3.14. The second-order valence-electron chi connectivity index (χ2n) is 3.52. The highest BCUT2D eigenvalue weighted by Gasteiger charge is 2.32. The van der Waals surface area contributed by atoms with E-state index in [-0.39, 0.29) is 11.8 Å². The van der Waals surface area contributed by atoms with Crippen molar-refractivity contribution in [1.82, 2.24) is 4.98 Å². The molecule has 14 heavy (non-hydrogen) atoms. The first-order valence-electron chi connectivity index (χ1n) is 4.40. The van der Waals surface area contributed by atoms with Crippen molar-refractivity contribution < 1.29 is 5.11 Å². The highest BCUT2D eigenvalue weighted by Crippen LogP contribution is 2.42. The third kappa shape index (κ3) is 2.13. The summed E-state index contributed by atoms with van der Waals surface area (Å²) in [6, 6.07) is 1.75. The zero-order valence-electron chi connectivity index (χ0n) is 7.37. The Morgan fingerprint density at radius 2 is 2.14 bits per heavy atom. The number of nitrogens with zero attached hydrogens (tertiary/aromatic N) is 1. The molecule has 0 aromatic carbocycles. The van der Waals surface area contributed by atoms with Gasteiger partial charge in [0.15, 0.2) is 5.75 Å². The molecule has 1 fully saturated rings. The number of halogens is 2. The Bertz CT molecular complexity index is 366. The second-order valence-corrected chi connectivity index (χ2v) is 5.79. The van der Waals surface area contributed by atoms with Crippen LogP contribution in [0, 0.1) is 13.2 Å². The summed E-state index contributed by atoms with van der Waals surface area (Å²) in [5, 5.41) is 9.82. The maximum Gasteiger partial charge on any atom is 0.152 e. The molecule has 0 bridgehead atoms. The summed E-state index contributed by atoms with van der Waals surface area (Å²) in [6.45, 7) is 0. The van der Waals surface area contributed by atoms with Gasteiger partial charge in [0, 0.05) is 0 Å². The fraction of sp³-hybridized carbons (Fsp3) is 0.444. The first kappa shape index (κ1) is 10.9. The number of nitrogens with two attached hydrogens (primary N) is 1. The summed E-state index contributed by atoms with van der Waals surface area (Å²) in [4.78, 5) is 4.30. The molecule has 2 rings (SSSR count). The molecule has 1 aromatic heterocycles. The molecule has 3 nitrogen and oxygen atoms in total. The summed E-state index contributed by atoms with van der Waals surface area (Å²) < 4.78 is 1.71. The number of rotatable bonds is 2. The van der Waals surface area contributed by atoms with Crippen LogP contribution in [0.5, 0.6) is 5.75 Å². The summed E-state index contributed by atoms with van der Waals surface area (Å²) in [6.07, 6.45) is 2.31. The maximum absolute atomic E-state index is 9.82. The van der Waals surface area contributed by atoms with E-state index in [1.807, 2.05) is 6.07 Å². The molecule has 1 unspecified atom stereocenters. The van der Waals surface area contributed by atoms with Crippen LogP contribution < -0.4 is 5.73 Å². The molecule has 0 saturated heterocycles. The SMILES string of the molecule is NC(c1nc(I)cc(I)c1O)C1CC1. The lowest BCUT2D eigenvalue weighted by atomic mass is 10.1. The standard InChI is InChI=1S/C9H10I2N2O/c10-5-3-6(11)13-8(9(5)14)7(12)4-1-2-4/h3-4,7,14H,1-2,12H2. The van der Waals surface area contributed by atoms with E-state index in [0.717, 1.165) is 20.1 Å². The van der Waals surface area contributed by atoms with Gasteiger partial charge < -0.3 is 10.8 Å². The number of hydrogen-bond acceptors (Lipinski definition) is 3. The molecule has 76 valence electrons. The molecule has 0 aliphatic heterocycles. The molecule has 5 heteroatoms. The summed E-state index contributed by atoms with van der Waals surface area (Å²) >= 11 is 4.24. The number of aromatic nitrogens is 1. The van der Waals surface area contributed by atoms with Gasteiger partial charge in [0.25, 0.3) is 0 Å². The lowest BCUT2D eigenvalue weighted by molar-refractivity contribution is 0.445. The first-order valence-corrected chi connectivity index (χ1v) is 6.56. The van der Waals surface area contributed by atoms with Gasteiger partial charge in [0.1, 0.15) is 9.39 Å². The predicted octanol–water partition coefficient (Wildman–Crippen LogP) is 2.41. The fourth-order valence-electron chi connectivity index (χ4n) is 1.41. The van der Waals surface area contributed by atoms with Crippen LogP contribution in [0.2, 0.25) is 0 Å². The van der Waals surface area contributed by atoms with Crippen LogP contribution >= 0.6 is 45.2 Å². The van der Waals surface area contributed by atoms with Crippen LogP contribution in [0.15, 0.2) is 6.07 Å². The Morgan fingerprint density at radius 1 is 1.50 bits per heavy atom. The summed E-state index contributed by atoms with van der Waals surface area (Å²) in [7, 11) is 0. The normalized spacial score (nSPS) is 18.2. The highest BCUT2D eigenvalue weighted by molar-refractivity contribution is 14.1. The van der Waals surface area contributed by atoms with E-state index in [0.29, 0.717) is 11.6 Å². The van der Waals surface area contributed by atoms with E-state index in [9.17, 15) is 5.11 Å².